The molecule has 0 fully saturated rings. The van der Waals surface area contributed by atoms with Gasteiger partial charge in [-0.3, -0.25) is 9.59 Å². The number of hydrogen-bond donors (Lipinski definition) is 3. The molecule has 0 aliphatic heterocycles. The fourth-order valence-corrected chi connectivity index (χ4v) is 6.37. The molecule has 1 heterocycles. The predicted molar refractivity (Wildman–Crippen MR) is 180 cm³/mol. The van der Waals surface area contributed by atoms with Crippen LogP contribution in [0.25, 0.3) is 10.9 Å². The second-order valence-corrected chi connectivity index (χ2v) is 18.5. The van der Waals surface area contributed by atoms with Gasteiger partial charge in [-0.15, -0.1) is 0 Å². The summed E-state index contributed by atoms with van der Waals surface area (Å²) in [5, 5.41) is 13.9. The summed E-state index contributed by atoms with van der Waals surface area (Å²) in [6.45, 7) is 16.4. The van der Waals surface area contributed by atoms with E-state index in [1.54, 1.807) is 6.07 Å². The van der Waals surface area contributed by atoms with Crippen LogP contribution in [0, 0.1) is 0 Å². The summed E-state index contributed by atoms with van der Waals surface area (Å²) in [6, 6.07) is 25.1. The summed E-state index contributed by atoms with van der Waals surface area (Å²) in [7, 11) is -2.21. The maximum absolute atomic E-state index is 12.5. The number of nitrogens with one attached hydrogen (secondary N) is 2. The number of carboxylic acid groups (broad SMARTS) is 1. The fraction of sp³-hybridized carbons (Fsp3) is 0.389. The summed E-state index contributed by atoms with van der Waals surface area (Å²) < 4.78 is 13.3. The quantitative estimate of drug-likeness (QED) is 0.136. The van der Waals surface area contributed by atoms with Gasteiger partial charge in [-0.05, 0) is 72.8 Å². The lowest BCUT2D eigenvalue weighted by molar-refractivity contribution is -0.136. The Morgan fingerprint density at radius 1 is 0.909 bits per heavy atom. The molecule has 3 aromatic carbocycles. The van der Waals surface area contributed by atoms with E-state index in [1.165, 1.54) is 0 Å². The Kier molecular flexibility index (Phi) is 10.2. The summed E-state index contributed by atoms with van der Waals surface area (Å²) in [4.78, 5) is 26.8. The molecular weight excluding hydrogens is 568 g/mol. The Labute approximate surface area is 261 Å². The van der Waals surface area contributed by atoms with E-state index in [2.05, 4.69) is 64.1 Å². The Morgan fingerprint density at radius 3 is 2.27 bits per heavy atom. The highest BCUT2D eigenvalue weighted by Gasteiger charge is 2.40. The number of carboxylic acids is 1. The molecule has 0 saturated carbocycles. The maximum atomic E-state index is 12.5. The molecule has 0 aliphatic rings. The second-order valence-electron chi connectivity index (χ2n) is 13.7. The van der Waals surface area contributed by atoms with Gasteiger partial charge in [0.05, 0.1) is 18.0 Å². The van der Waals surface area contributed by atoms with Crippen molar-refractivity contribution < 1.29 is 19.1 Å². The van der Waals surface area contributed by atoms with Crippen molar-refractivity contribution in [3.63, 3.8) is 0 Å². The first-order valence-electron chi connectivity index (χ1n) is 15.2. The highest BCUT2D eigenvalue weighted by Crippen LogP contribution is 2.41. The molecule has 44 heavy (non-hydrogen) atoms. The minimum absolute atomic E-state index is 0.00432. The topological polar surface area (TPSA) is 101 Å². The van der Waals surface area contributed by atoms with Gasteiger partial charge in [0.1, 0.15) is 12.4 Å². The molecule has 0 amide bonds. The number of benzene rings is 3. The molecule has 0 unspecified atom stereocenters. The van der Waals surface area contributed by atoms with Crippen molar-refractivity contribution in [1.82, 2.24) is 10.3 Å². The summed E-state index contributed by atoms with van der Waals surface area (Å²) in [6.07, 6.45) is 0.433. The average Bonchev–Trinajstić information content (AvgIpc) is 2.93. The van der Waals surface area contributed by atoms with Gasteiger partial charge in [0.2, 0.25) is 5.56 Å². The molecule has 1 aromatic heterocycles. The van der Waals surface area contributed by atoms with Gasteiger partial charge in [-0.1, -0.05) is 81.4 Å². The smallest absolute Gasteiger partial charge is 0.307 e. The third-order valence-electron chi connectivity index (χ3n) is 8.48. The molecule has 3 N–H and O–H groups in total. The lowest BCUT2D eigenvalue weighted by Crippen LogP contribution is -2.47. The van der Waals surface area contributed by atoms with Crippen molar-refractivity contribution in [1.29, 1.82) is 0 Å². The molecule has 0 bridgehead atoms. The van der Waals surface area contributed by atoms with Gasteiger partial charge in [0.15, 0.2) is 8.32 Å². The van der Waals surface area contributed by atoms with Crippen LogP contribution in [-0.4, -0.2) is 36.5 Å². The van der Waals surface area contributed by atoms with Crippen LogP contribution in [0.4, 0.5) is 0 Å². The zero-order valence-electron chi connectivity index (χ0n) is 27.0. The van der Waals surface area contributed by atoms with Gasteiger partial charge in [0.25, 0.3) is 0 Å². The predicted octanol–water partition coefficient (Wildman–Crippen LogP) is 7.41. The normalized spacial score (nSPS) is 13.2. The Morgan fingerprint density at radius 2 is 1.59 bits per heavy atom. The molecule has 7 nitrogen and oxygen atoms in total. The first kappa shape index (κ1) is 33.2. The third-order valence-corrected chi connectivity index (χ3v) is 13.0. The number of pyridine rings is 1. The van der Waals surface area contributed by atoms with Crippen molar-refractivity contribution >= 4 is 25.2 Å². The molecule has 0 spiro atoms. The van der Waals surface area contributed by atoms with Crippen LogP contribution < -0.4 is 15.6 Å². The zero-order valence-corrected chi connectivity index (χ0v) is 28.0. The molecule has 0 radical (unpaired) electrons. The SMILES string of the molecule is CC(C)(Cc1cccc(CC(=O)O)c1)NC[C@@H](O[Si](C)(C)C(C)(C)C)c1ccc(OCc2ccccc2)c2[nH]c(=O)ccc12. The van der Waals surface area contributed by atoms with Crippen LogP contribution in [0.2, 0.25) is 18.1 Å². The van der Waals surface area contributed by atoms with Gasteiger partial charge in [-0.25, -0.2) is 0 Å². The van der Waals surface area contributed by atoms with Crippen molar-refractivity contribution in [2.45, 2.75) is 83.8 Å². The van der Waals surface area contributed by atoms with Crippen molar-refractivity contribution in [3.8, 4) is 5.75 Å². The van der Waals surface area contributed by atoms with E-state index in [9.17, 15) is 14.7 Å². The van der Waals surface area contributed by atoms with E-state index < -0.39 is 14.3 Å². The summed E-state index contributed by atoms with van der Waals surface area (Å²) in [5.41, 5.74) is 4.06. The Hall–Kier alpha value is -3.72. The molecule has 234 valence electrons. The number of H-pyrrole nitrogens is 1. The van der Waals surface area contributed by atoms with Gasteiger partial charge >= 0.3 is 5.97 Å². The van der Waals surface area contributed by atoms with Crippen LogP contribution in [0.15, 0.2) is 83.7 Å². The molecule has 4 rings (SSSR count). The lowest BCUT2D eigenvalue weighted by Gasteiger charge is -2.40. The second kappa shape index (κ2) is 13.5. The van der Waals surface area contributed by atoms with E-state index in [0.29, 0.717) is 30.8 Å². The summed E-state index contributed by atoms with van der Waals surface area (Å²) in [5.74, 6) is -0.221. The van der Waals surface area contributed by atoms with E-state index in [4.69, 9.17) is 9.16 Å². The fourth-order valence-electron chi connectivity index (χ4n) is 5.10. The Balaban J connectivity index is 1.65. The number of fused-ring (bicyclic) bond motifs is 1. The monoisotopic (exact) mass is 614 g/mol. The van der Waals surface area contributed by atoms with Crippen LogP contribution in [0.3, 0.4) is 0 Å². The van der Waals surface area contributed by atoms with Gasteiger partial charge in [-0.2, -0.15) is 0 Å². The van der Waals surface area contributed by atoms with E-state index in [-0.39, 0.29) is 28.7 Å². The molecule has 1 atom stereocenters. The maximum Gasteiger partial charge on any atom is 0.307 e. The highest BCUT2D eigenvalue weighted by molar-refractivity contribution is 6.74. The number of aliphatic carboxylic acids is 1. The van der Waals surface area contributed by atoms with Crippen LogP contribution in [0.5, 0.6) is 5.75 Å². The Bertz CT molecular complexity index is 1640. The van der Waals surface area contributed by atoms with Crippen molar-refractivity contribution in [2.24, 2.45) is 0 Å². The van der Waals surface area contributed by atoms with E-state index >= 15 is 0 Å². The standard InChI is InChI=1S/C36H46N2O5Si/c1-35(2,3)44(6,7)43-31(23-37-36(4,5)22-27-15-11-14-26(20-27)21-33(40)41)28-16-18-30(34-29(28)17-19-32(39)38-34)42-24-25-12-9-8-10-13-25/h8-20,31,37H,21-24H2,1-7H3,(H,38,39)(H,40,41)/t31-/m1/s1. The van der Waals surface area contributed by atoms with Crippen molar-refractivity contribution in [2.75, 3.05) is 6.54 Å². The van der Waals surface area contributed by atoms with Crippen LogP contribution >= 0.6 is 0 Å². The lowest BCUT2D eigenvalue weighted by atomic mass is 9.93. The minimum Gasteiger partial charge on any atom is -0.487 e. The first-order chi connectivity index (χ1) is 20.6. The number of hydrogen-bond acceptors (Lipinski definition) is 5. The number of aromatic nitrogens is 1. The average molecular weight is 615 g/mol. The van der Waals surface area contributed by atoms with Crippen molar-refractivity contribution in [3.05, 3.63) is 111 Å². The molecule has 0 saturated heterocycles. The molecular formula is C36H46N2O5Si. The van der Waals surface area contributed by atoms with Gasteiger partial charge < -0.3 is 24.6 Å². The molecule has 0 aliphatic carbocycles. The number of rotatable bonds is 13. The van der Waals surface area contributed by atoms with Gasteiger partial charge in [0, 0.05) is 23.5 Å². The summed E-state index contributed by atoms with van der Waals surface area (Å²) >= 11 is 0. The minimum atomic E-state index is -2.21. The zero-order chi connectivity index (χ0) is 32.1. The van der Waals surface area contributed by atoms with Crippen LogP contribution in [0.1, 0.15) is 63.0 Å². The number of carbonyl (C=O) groups is 1. The highest BCUT2D eigenvalue weighted by atomic mass is 28.4. The molecule has 4 aromatic rings. The third kappa shape index (κ3) is 8.68. The number of aromatic amines is 1. The van der Waals surface area contributed by atoms with E-state index in [0.717, 1.165) is 27.6 Å². The van der Waals surface area contributed by atoms with Crippen LogP contribution in [-0.2, 0) is 28.7 Å². The largest absolute Gasteiger partial charge is 0.487 e. The van der Waals surface area contributed by atoms with E-state index in [1.807, 2.05) is 66.7 Å². The molecule has 8 heteroatoms. The first-order valence-corrected chi connectivity index (χ1v) is 18.1. The number of ether oxygens (including phenoxy) is 1.